The van der Waals surface area contributed by atoms with Gasteiger partial charge in [0.25, 0.3) is 0 Å². The van der Waals surface area contributed by atoms with Crippen LogP contribution in [0.4, 0.5) is 11.5 Å². The van der Waals surface area contributed by atoms with Crippen molar-refractivity contribution >= 4 is 17.5 Å². The monoisotopic (exact) mass is 221 g/mol. The van der Waals surface area contributed by atoms with Crippen LogP contribution in [0.25, 0.3) is 0 Å². The van der Waals surface area contributed by atoms with Crippen molar-refractivity contribution in [2.24, 2.45) is 0 Å². The first kappa shape index (κ1) is 10.7. The fourth-order valence-corrected chi connectivity index (χ4v) is 1.79. The predicted molar refractivity (Wildman–Crippen MR) is 61.7 cm³/mol. The number of rotatable bonds is 4. The molecular weight excluding hydrogens is 206 g/mol. The van der Waals surface area contributed by atoms with E-state index in [1.165, 1.54) is 6.20 Å². The van der Waals surface area contributed by atoms with Crippen LogP contribution in [0.3, 0.4) is 0 Å². The van der Waals surface area contributed by atoms with Crippen LogP contribution in [-0.2, 0) is 0 Å². The standard InChI is InChI=1S/C11H15N3O2/c1-2-14(7-3-4-7)10-5-8(11(15)16)9(12)6-13-10/h5-7H,2-4,12H2,1H3,(H,15,16). The van der Waals surface area contributed by atoms with E-state index in [0.717, 1.165) is 19.4 Å². The highest BCUT2D eigenvalue weighted by Gasteiger charge is 2.29. The predicted octanol–water partition coefficient (Wildman–Crippen LogP) is 1.35. The van der Waals surface area contributed by atoms with Gasteiger partial charge >= 0.3 is 5.97 Å². The lowest BCUT2D eigenvalue weighted by Crippen LogP contribution is -2.26. The van der Waals surface area contributed by atoms with E-state index in [1.54, 1.807) is 6.07 Å². The van der Waals surface area contributed by atoms with Crippen molar-refractivity contribution in [3.63, 3.8) is 0 Å². The number of aromatic carboxylic acids is 1. The molecule has 0 spiro atoms. The Morgan fingerprint density at radius 1 is 1.69 bits per heavy atom. The maximum atomic E-state index is 10.9. The molecule has 16 heavy (non-hydrogen) atoms. The third-order valence-corrected chi connectivity index (χ3v) is 2.77. The molecule has 1 fully saturated rings. The number of carboxylic acid groups (broad SMARTS) is 1. The number of aromatic nitrogens is 1. The first-order valence-corrected chi connectivity index (χ1v) is 5.39. The first-order valence-electron chi connectivity index (χ1n) is 5.39. The molecule has 0 radical (unpaired) electrons. The number of hydrogen-bond acceptors (Lipinski definition) is 4. The first-order chi connectivity index (χ1) is 7.63. The molecule has 2 rings (SSSR count). The summed E-state index contributed by atoms with van der Waals surface area (Å²) in [6.45, 7) is 2.87. The zero-order chi connectivity index (χ0) is 11.7. The van der Waals surface area contributed by atoms with Gasteiger partial charge in [-0.05, 0) is 25.8 Å². The highest BCUT2D eigenvalue weighted by atomic mass is 16.4. The molecule has 86 valence electrons. The van der Waals surface area contributed by atoms with E-state index in [4.69, 9.17) is 10.8 Å². The van der Waals surface area contributed by atoms with Crippen molar-refractivity contribution in [3.8, 4) is 0 Å². The summed E-state index contributed by atoms with van der Waals surface area (Å²) in [5.74, 6) is -0.301. The van der Waals surface area contributed by atoms with Crippen molar-refractivity contribution in [1.29, 1.82) is 0 Å². The summed E-state index contributed by atoms with van der Waals surface area (Å²) in [6.07, 6.45) is 3.73. The summed E-state index contributed by atoms with van der Waals surface area (Å²) in [7, 11) is 0. The van der Waals surface area contributed by atoms with E-state index in [1.807, 2.05) is 6.92 Å². The van der Waals surface area contributed by atoms with E-state index >= 15 is 0 Å². The van der Waals surface area contributed by atoms with Gasteiger partial charge in [0, 0.05) is 12.6 Å². The molecule has 1 aromatic rings. The van der Waals surface area contributed by atoms with E-state index in [9.17, 15) is 4.79 Å². The summed E-state index contributed by atoms with van der Waals surface area (Å²) < 4.78 is 0. The van der Waals surface area contributed by atoms with Crippen molar-refractivity contribution in [3.05, 3.63) is 17.8 Å². The Kier molecular flexibility index (Phi) is 2.68. The molecule has 0 unspecified atom stereocenters. The maximum absolute atomic E-state index is 10.9. The van der Waals surface area contributed by atoms with Gasteiger partial charge in [0.15, 0.2) is 0 Å². The molecule has 0 saturated heterocycles. The van der Waals surface area contributed by atoms with Crippen LogP contribution in [0.2, 0.25) is 0 Å². The number of carbonyl (C=O) groups is 1. The molecule has 5 heteroatoms. The molecule has 1 aromatic heterocycles. The third kappa shape index (κ3) is 1.93. The van der Waals surface area contributed by atoms with Crippen LogP contribution in [0.15, 0.2) is 12.3 Å². The highest BCUT2D eigenvalue weighted by Crippen LogP contribution is 2.31. The minimum Gasteiger partial charge on any atom is -0.478 e. The normalized spacial score (nSPS) is 14.8. The largest absolute Gasteiger partial charge is 0.478 e. The molecule has 1 aliphatic rings. The van der Waals surface area contributed by atoms with Crippen LogP contribution in [-0.4, -0.2) is 28.6 Å². The van der Waals surface area contributed by atoms with Gasteiger partial charge in [-0.1, -0.05) is 0 Å². The van der Waals surface area contributed by atoms with Gasteiger partial charge in [-0.25, -0.2) is 9.78 Å². The molecule has 1 heterocycles. The minimum atomic E-state index is -1.01. The second kappa shape index (κ2) is 4.00. The summed E-state index contributed by atoms with van der Waals surface area (Å²) in [4.78, 5) is 17.3. The van der Waals surface area contributed by atoms with Crippen LogP contribution in [0, 0.1) is 0 Å². The maximum Gasteiger partial charge on any atom is 0.337 e. The van der Waals surface area contributed by atoms with Gasteiger partial charge in [-0.15, -0.1) is 0 Å². The minimum absolute atomic E-state index is 0.129. The Bertz CT molecular complexity index is 416. The number of carboxylic acids is 1. The topological polar surface area (TPSA) is 79.5 Å². The zero-order valence-corrected chi connectivity index (χ0v) is 9.18. The summed E-state index contributed by atoms with van der Waals surface area (Å²) in [6, 6.07) is 2.07. The summed E-state index contributed by atoms with van der Waals surface area (Å²) in [5, 5.41) is 8.97. The third-order valence-electron chi connectivity index (χ3n) is 2.77. The van der Waals surface area contributed by atoms with Gasteiger partial charge in [0.2, 0.25) is 0 Å². The molecule has 0 amide bonds. The lowest BCUT2D eigenvalue weighted by atomic mass is 10.2. The van der Waals surface area contributed by atoms with Crippen LogP contribution >= 0.6 is 0 Å². The molecule has 0 aromatic carbocycles. The lowest BCUT2D eigenvalue weighted by molar-refractivity contribution is 0.0698. The molecule has 0 bridgehead atoms. The van der Waals surface area contributed by atoms with Crippen LogP contribution in [0.1, 0.15) is 30.1 Å². The Hall–Kier alpha value is -1.78. The van der Waals surface area contributed by atoms with E-state index < -0.39 is 5.97 Å². The van der Waals surface area contributed by atoms with E-state index in [2.05, 4.69) is 9.88 Å². The molecule has 5 nitrogen and oxygen atoms in total. The van der Waals surface area contributed by atoms with Gasteiger partial charge in [0.1, 0.15) is 5.82 Å². The zero-order valence-electron chi connectivity index (χ0n) is 9.18. The van der Waals surface area contributed by atoms with Crippen molar-refractivity contribution < 1.29 is 9.90 Å². The number of anilines is 2. The molecule has 0 aliphatic heterocycles. The lowest BCUT2D eigenvalue weighted by Gasteiger charge is -2.21. The van der Waals surface area contributed by atoms with Gasteiger partial charge in [-0.2, -0.15) is 0 Å². The average Bonchev–Trinajstić information content (AvgIpc) is 3.05. The highest BCUT2D eigenvalue weighted by molar-refractivity contribution is 5.94. The Morgan fingerprint density at radius 3 is 2.88 bits per heavy atom. The Labute approximate surface area is 93.9 Å². The number of nitrogen functional groups attached to an aromatic ring is 1. The molecular formula is C11H15N3O2. The van der Waals surface area contributed by atoms with Crippen molar-refractivity contribution in [1.82, 2.24) is 4.98 Å². The van der Waals surface area contributed by atoms with E-state index in [0.29, 0.717) is 11.9 Å². The Balaban J connectivity index is 2.33. The second-order valence-electron chi connectivity index (χ2n) is 3.95. The number of pyridine rings is 1. The average molecular weight is 221 g/mol. The van der Waals surface area contributed by atoms with Gasteiger partial charge in [0.05, 0.1) is 17.4 Å². The fraction of sp³-hybridized carbons (Fsp3) is 0.455. The smallest absolute Gasteiger partial charge is 0.337 e. The van der Waals surface area contributed by atoms with Crippen LogP contribution in [0.5, 0.6) is 0 Å². The summed E-state index contributed by atoms with van der Waals surface area (Å²) in [5.41, 5.74) is 5.90. The fourth-order valence-electron chi connectivity index (χ4n) is 1.79. The summed E-state index contributed by atoms with van der Waals surface area (Å²) >= 11 is 0. The molecule has 1 saturated carbocycles. The Morgan fingerprint density at radius 2 is 2.38 bits per heavy atom. The van der Waals surface area contributed by atoms with E-state index in [-0.39, 0.29) is 11.3 Å². The van der Waals surface area contributed by atoms with Crippen LogP contribution < -0.4 is 10.6 Å². The number of nitrogens with two attached hydrogens (primary N) is 1. The number of nitrogens with zero attached hydrogens (tertiary/aromatic N) is 2. The SMILES string of the molecule is CCN(c1cc(C(=O)O)c(N)cn1)C1CC1. The quantitative estimate of drug-likeness (QED) is 0.802. The molecule has 3 N–H and O–H groups in total. The van der Waals surface area contributed by atoms with Gasteiger partial charge < -0.3 is 15.7 Å². The second-order valence-corrected chi connectivity index (χ2v) is 3.95. The van der Waals surface area contributed by atoms with Crippen molar-refractivity contribution in [2.75, 3.05) is 17.2 Å². The molecule has 1 aliphatic carbocycles. The number of hydrogen-bond donors (Lipinski definition) is 2. The van der Waals surface area contributed by atoms with Crippen molar-refractivity contribution in [2.45, 2.75) is 25.8 Å². The molecule has 0 atom stereocenters. The van der Waals surface area contributed by atoms with Gasteiger partial charge in [-0.3, -0.25) is 0 Å².